The summed E-state index contributed by atoms with van der Waals surface area (Å²) in [6, 6.07) is 9.38. The summed E-state index contributed by atoms with van der Waals surface area (Å²) in [5, 5.41) is 10.2. The monoisotopic (exact) mass is 384 g/mol. The Labute approximate surface area is 121 Å². The summed E-state index contributed by atoms with van der Waals surface area (Å²) in [5.41, 5.74) is 1.49. The van der Waals surface area contributed by atoms with E-state index in [0.29, 0.717) is 14.2 Å². The van der Waals surface area contributed by atoms with Crippen LogP contribution in [0.15, 0.2) is 30.3 Å². The van der Waals surface area contributed by atoms with E-state index in [1.54, 1.807) is 6.07 Å². The maximum Gasteiger partial charge on any atom is 0.106 e. The van der Waals surface area contributed by atoms with Crippen LogP contribution in [0.2, 0.25) is 8.67 Å². The molecule has 0 radical (unpaired) electrons. The molecule has 1 nitrogen and oxygen atoms in total. The molecule has 0 saturated carbocycles. The second kappa shape index (κ2) is 5.23. The molecule has 1 atom stereocenters. The van der Waals surface area contributed by atoms with E-state index in [1.807, 2.05) is 24.3 Å². The largest absolute Gasteiger partial charge is 0.384 e. The van der Waals surface area contributed by atoms with Crippen LogP contribution in [0, 0.1) is 3.57 Å². The zero-order valence-corrected chi connectivity index (χ0v) is 12.4. The fraction of sp³-hybridized carbons (Fsp3) is 0.0909. The molecule has 0 amide bonds. The summed E-state index contributed by atoms with van der Waals surface area (Å²) in [6.45, 7) is 0. The molecule has 84 valence electrons. The predicted molar refractivity (Wildman–Crippen MR) is 77.6 cm³/mol. The molecule has 0 saturated heterocycles. The summed E-state index contributed by atoms with van der Waals surface area (Å²) in [5.74, 6) is 0. The van der Waals surface area contributed by atoms with E-state index in [0.717, 1.165) is 9.13 Å². The van der Waals surface area contributed by atoms with E-state index in [4.69, 9.17) is 23.2 Å². The number of aliphatic hydroxyl groups is 1. The highest BCUT2D eigenvalue weighted by Gasteiger charge is 2.16. The molecule has 0 aliphatic heterocycles. The van der Waals surface area contributed by atoms with Crippen molar-refractivity contribution in [1.82, 2.24) is 0 Å². The fourth-order valence-corrected chi connectivity index (χ4v) is 3.48. The molecule has 5 heteroatoms. The summed E-state index contributed by atoms with van der Waals surface area (Å²) < 4.78 is 2.20. The van der Waals surface area contributed by atoms with Crippen LogP contribution in [0.5, 0.6) is 0 Å². The van der Waals surface area contributed by atoms with Gasteiger partial charge in [0.2, 0.25) is 0 Å². The highest BCUT2D eigenvalue weighted by Crippen LogP contribution is 2.37. The first-order chi connectivity index (χ1) is 7.58. The standard InChI is InChI=1S/C11H7Cl2IOS/c12-9-5-8(11(13)16-9)10(15)6-2-1-3-7(14)4-6/h1-5,10,15H. The Morgan fingerprint density at radius 2 is 2.00 bits per heavy atom. The molecule has 16 heavy (non-hydrogen) atoms. The van der Waals surface area contributed by atoms with Crippen molar-refractivity contribution in [3.05, 3.63) is 53.7 Å². The number of hydrogen-bond acceptors (Lipinski definition) is 2. The molecule has 1 aromatic heterocycles. The van der Waals surface area contributed by atoms with Gasteiger partial charge in [-0.1, -0.05) is 35.3 Å². The third-order valence-electron chi connectivity index (χ3n) is 2.14. The van der Waals surface area contributed by atoms with E-state index in [-0.39, 0.29) is 0 Å². The van der Waals surface area contributed by atoms with Crippen LogP contribution >= 0.6 is 57.1 Å². The third-order valence-corrected chi connectivity index (χ3v) is 4.33. The van der Waals surface area contributed by atoms with Gasteiger partial charge in [0, 0.05) is 9.13 Å². The molecule has 2 aromatic rings. The van der Waals surface area contributed by atoms with E-state index < -0.39 is 6.10 Å². The molecule has 1 heterocycles. The Kier molecular flexibility index (Phi) is 4.13. The summed E-state index contributed by atoms with van der Waals surface area (Å²) >= 11 is 15.3. The highest BCUT2D eigenvalue weighted by atomic mass is 127. The molecule has 0 spiro atoms. The van der Waals surface area contributed by atoms with Gasteiger partial charge in [-0.3, -0.25) is 0 Å². The molecule has 0 fully saturated rings. The van der Waals surface area contributed by atoms with E-state index >= 15 is 0 Å². The molecular weight excluding hydrogens is 378 g/mol. The molecule has 0 aliphatic carbocycles. The Hall–Kier alpha value is 0.190. The van der Waals surface area contributed by atoms with Crippen LogP contribution in [-0.2, 0) is 0 Å². The number of thiophene rings is 1. The van der Waals surface area contributed by atoms with Gasteiger partial charge < -0.3 is 5.11 Å². The topological polar surface area (TPSA) is 20.2 Å². The zero-order chi connectivity index (χ0) is 11.7. The summed E-state index contributed by atoms with van der Waals surface area (Å²) in [4.78, 5) is 0. The van der Waals surface area contributed by atoms with Crippen molar-refractivity contribution in [2.75, 3.05) is 0 Å². The summed E-state index contributed by atoms with van der Waals surface area (Å²) in [7, 11) is 0. The van der Waals surface area contributed by atoms with E-state index in [2.05, 4.69) is 22.6 Å². The van der Waals surface area contributed by atoms with Gasteiger partial charge >= 0.3 is 0 Å². The average Bonchev–Trinajstić information content (AvgIpc) is 2.57. The lowest BCUT2D eigenvalue weighted by Gasteiger charge is -2.10. The van der Waals surface area contributed by atoms with Crippen molar-refractivity contribution in [3.63, 3.8) is 0 Å². The Balaban J connectivity index is 2.38. The van der Waals surface area contributed by atoms with Gasteiger partial charge in [0.15, 0.2) is 0 Å². The van der Waals surface area contributed by atoms with Crippen molar-refractivity contribution in [2.24, 2.45) is 0 Å². The SMILES string of the molecule is OC(c1cccc(I)c1)c1cc(Cl)sc1Cl. The minimum atomic E-state index is -0.717. The number of aliphatic hydroxyl groups excluding tert-OH is 1. The van der Waals surface area contributed by atoms with Crippen LogP contribution in [0.1, 0.15) is 17.2 Å². The molecule has 1 N–H and O–H groups in total. The molecule has 0 aliphatic rings. The number of hydrogen-bond donors (Lipinski definition) is 1. The van der Waals surface area contributed by atoms with Crippen LogP contribution in [0.4, 0.5) is 0 Å². The zero-order valence-electron chi connectivity index (χ0n) is 7.95. The Bertz CT molecular complexity index is 512. The molecule has 0 bridgehead atoms. The number of benzene rings is 1. The quantitative estimate of drug-likeness (QED) is 0.741. The van der Waals surface area contributed by atoms with Crippen molar-refractivity contribution < 1.29 is 5.11 Å². The molecule has 1 unspecified atom stereocenters. The Morgan fingerprint density at radius 1 is 1.25 bits per heavy atom. The van der Waals surface area contributed by atoms with Gasteiger partial charge in [0.25, 0.3) is 0 Å². The molecular formula is C11H7Cl2IOS. The number of rotatable bonds is 2. The Morgan fingerprint density at radius 3 is 2.56 bits per heavy atom. The third kappa shape index (κ3) is 2.71. The van der Waals surface area contributed by atoms with Crippen LogP contribution in [0.3, 0.4) is 0 Å². The van der Waals surface area contributed by atoms with Gasteiger partial charge in [-0.25, -0.2) is 0 Å². The maximum absolute atomic E-state index is 10.2. The first kappa shape index (κ1) is 12.6. The van der Waals surface area contributed by atoms with Gasteiger partial charge in [0.1, 0.15) is 10.4 Å². The minimum Gasteiger partial charge on any atom is -0.384 e. The van der Waals surface area contributed by atoms with Gasteiger partial charge in [-0.05, 0) is 46.4 Å². The van der Waals surface area contributed by atoms with Gasteiger partial charge in [-0.2, -0.15) is 0 Å². The van der Waals surface area contributed by atoms with Crippen LogP contribution in [0.25, 0.3) is 0 Å². The minimum absolute atomic E-state index is 0.538. The van der Waals surface area contributed by atoms with Crippen LogP contribution < -0.4 is 0 Å². The maximum atomic E-state index is 10.2. The first-order valence-corrected chi connectivity index (χ1v) is 7.11. The van der Waals surface area contributed by atoms with Crippen LogP contribution in [-0.4, -0.2) is 5.11 Å². The van der Waals surface area contributed by atoms with Crippen molar-refractivity contribution in [1.29, 1.82) is 0 Å². The average molecular weight is 385 g/mol. The molecule has 2 rings (SSSR count). The van der Waals surface area contributed by atoms with Gasteiger partial charge in [-0.15, -0.1) is 11.3 Å². The van der Waals surface area contributed by atoms with Crippen molar-refractivity contribution >= 4 is 57.1 Å². The normalized spacial score (nSPS) is 12.8. The second-order valence-electron chi connectivity index (χ2n) is 3.24. The van der Waals surface area contributed by atoms with Crippen molar-refractivity contribution in [3.8, 4) is 0 Å². The summed E-state index contributed by atoms with van der Waals surface area (Å²) in [6.07, 6.45) is -0.717. The lowest BCUT2D eigenvalue weighted by Crippen LogP contribution is -1.98. The highest BCUT2D eigenvalue weighted by molar-refractivity contribution is 14.1. The smallest absolute Gasteiger partial charge is 0.106 e. The fourth-order valence-electron chi connectivity index (χ4n) is 1.40. The first-order valence-electron chi connectivity index (χ1n) is 4.46. The second-order valence-corrected chi connectivity index (χ2v) is 6.77. The number of halogens is 3. The predicted octanol–water partition coefficient (Wildman–Crippen LogP) is 4.74. The van der Waals surface area contributed by atoms with E-state index in [1.165, 1.54) is 11.3 Å². The lowest BCUT2D eigenvalue weighted by atomic mass is 10.0. The molecule has 1 aromatic carbocycles. The van der Waals surface area contributed by atoms with Crippen molar-refractivity contribution in [2.45, 2.75) is 6.10 Å². The van der Waals surface area contributed by atoms with E-state index in [9.17, 15) is 5.11 Å². The van der Waals surface area contributed by atoms with Gasteiger partial charge in [0.05, 0.1) is 4.34 Å². The lowest BCUT2D eigenvalue weighted by molar-refractivity contribution is 0.221.